The number of amides is 1. The topological polar surface area (TPSA) is 54.3 Å². The number of rotatable bonds is 5. The quantitative estimate of drug-likeness (QED) is 0.720. The maximum Gasteiger partial charge on any atom is 0.219 e. The summed E-state index contributed by atoms with van der Waals surface area (Å²) in [4.78, 5) is 10.9. The monoisotopic (exact) mass is 196 g/mol. The lowest BCUT2D eigenvalue weighted by Crippen LogP contribution is -2.17. The van der Waals surface area contributed by atoms with Crippen LogP contribution in [0.25, 0.3) is 0 Å². The highest BCUT2D eigenvalue weighted by Gasteiger charge is 2.01. The average molecular weight is 196 g/mol. The lowest BCUT2D eigenvalue weighted by molar-refractivity contribution is -0.120. The molecule has 0 saturated carbocycles. The molecule has 2 N–H and O–H groups in total. The number of aliphatic hydroxyl groups is 1. The van der Waals surface area contributed by atoms with E-state index < -0.39 is 0 Å². The summed E-state index contributed by atoms with van der Waals surface area (Å²) >= 11 is 0. The van der Waals surface area contributed by atoms with Crippen LogP contribution < -0.4 is 5.32 Å². The van der Waals surface area contributed by atoms with Gasteiger partial charge in [-0.15, -0.1) is 0 Å². The summed E-state index contributed by atoms with van der Waals surface area (Å²) in [7, 11) is 1.64. The standard InChI is InChI=1S/C10H16N2O2/c1-11-10(14)5-3-7-12-6-2-4-9(12)8-13/h2,4,6,13H,3,5,7-8H2,1H3,(H,11,14). The molecule has 0 atom stereocenters. The highest BCUT2D eigenvalue weighted by atomic mass is 16.3. The summed E-state index contributed by atoms with van der Waals surface area (Å²) in [6, 6.07) is 3.77. The molecule has 0 aliphatic rings. The Morgan fingerprint density at radius 1 is 1.64 bits per heavy atom. The fourth-order valence-corrected chi connectivity index (χ4v) is 1.35. The molecule has 4 heteroatoms. The maximum atomic E-state index is 10.9. The van der Waals surface area contributed by atoms with E-state index in [0.717, 1.165) is 18.7 Å². The Hall–Kier alpha value is -1.29. The largest absolute Gasteiger partial charge is 0.390 e. The fourth-order valence-electron chi connectivity index (χ4n) is 1.35. The van der Waals surface area contributed by atoms with E-state index in [1.807, 2.05) is 22.9 Å². The van der Waals surface area contributed by atoms with E-state index in [0.29, 0.717) is 6.42 Å². The van der Waals surface area contributed by atoms with Crippen LogP contribution in [0.1, 0.15) is 18.5 Å². The van der Waals surface area contributed by atoms with Crippen molar-refractivity contribution in [1.82, 2.24) is 9.88 Å². The first-order valence-electron chi connectivity index (χ1n) is 4.73. The Bertz CT molecular complexity index is 294. The van der Waals surface area contributed by atoms with Crippen molar-refractivity contribution >= 4 is 5.91 Å². The third-order valence-electron chi connectivity index (χ3n) is 2.17. The maximum absolute atomic E-state index is 10.9. The summed E-state index contributed by atoms with van der Waals surface area (Å²) in [6.07, 6.45) is 3.23. The van der Waals surface area contributed by atoms with Crippen LogP contribution in [0.4, 0.5) is 0 Å². The lowest BCUT2D eigenvalue weighted by atomic mass is 10.3. The molecular formula is C10H16N2O2. The number of nitrogens with one attached hydrogen (secondary N) is 1. The number of carbonyl (C=O) groups excluding carboxylic acids is 1. The van der Waals surface area contributed by atoms with Crippen LogP contribution in [-0.4, -0.2) is 22.6 Å². The molecule has 0 bridgehead atoms. The van der Waals surface area contributed by atoms with Crippen molar-refractivity contribution in [3.05, 3.63) is 24.0 Å². The van der Waals surface area contributed by atoms with Crippen molar-refractivity contribution in [3.8, 4) is 0 Å². The minimum absolute atomic E-state index is 0.0486. The second-order valence-electron chi connectivity index (χ2n) is 3.13. The first-order chi connectivity index (χ1) is 6.77. The first kappa shape index (κ1) is 10.8. The Balaban J connectivity index is 2.34. The predicted molar refractivity (Wildman–Crippen MR) is 53.7 cm³/mol. The fraction of sp³-hybridized carbons (Fsp3) is 0.500. The predicted octanol–water partition coefficient (Wildman–Crippen LogP) is 0.507. The molecule has 78 valence electrons. The summed E-state index contributed by atoms with van der Waals surface area (Å²) in [6.45, 7) is 0.823. The molecule has 14 heavy (non-hydrogen) atoms. The van der Waals surface area contributed by atoms with Gasteiger partial charge in [-0.2, -0.15) is 0 Å². The van der Waals surface area contributed by atoms with Crippen LogP contribution >= 0.6 is 0 Å². The van der Waals surface area contributed by atoms with E-state index in [1.54, 1.807) is 7.05 Å². The Morgan fingerprint density at radius 3 is 3.07 bits per heavy atom. The number of aromatic nitrogens is 1. The molecule has 0 unspecified atom stereocenters. The van der Waals surface area contributed by atoms with E-state index in [1.165, 1.54) is 0 Å². The number of aliphatic hydroxyl groups excluding tert-OH is 1. The van der Waals surface area contributed by atoms with Gasteiger partial charge in [-0.3, -0.25) is 4.79 Å². The van der Waals surface area contributed by atoms with Gasteiger partial charge in [0.05, 0.1) is 6.61 Å². The zero-order chi connectivity index (χ0) is 10.4. The van der Waals surface area contributed by atoms with E-state index in [9.17, 15) is 4.79 Å². The number of hydrogen-bond acceptors (Lipinski definition) is 2. The summed E-state index contributed by atoms with van der Waals surface area (Å²) in [5.74, 6) is 0.0581. The molecule has 0 saturated heterocycles. The van der Waals surface area contributed by atoms with E-state index in [-0.39, 0.29) is 12.5 Å². The van der Waals surface area contributed by atoms with Gasteiger partial charge < -0.3 is 15.0 Å². The van der Waals surface area contributed by atoms with Gasteiger partial charge in [0.2, 0.25) is 5.91 Å². The van der Waals surface area contributed by atoms with Gasteiger partial charge in [-0.1, -0.05) is 0 Å². The van der Waals surface area contributed by atoms with Crippen molar-refractivity contribution in [1.29, 1.82) is 0 Å². The minimum Gasteiger partial charge on any atom is -0.390 e. The minimum atomic E-state index is 0.0486. The zero-order valence-electron chi connectivity index (χ0n) is 8.36. The summed E-state index contributed by atoms with van der Waals surface area (Å²) in [5.41, 5.74) is 0.891. The van der Waals surface area contributed by atoms with Gasteiger partial charge in [0, 0.05) is 31.9 Å². The molecule has 4 nitrogen and oxygen atoms in total. The van der Waals surface area contributed by atoms with Crippen LogP contribution in [-0.2, 0) is 17.9 Å². The number of nitrogens with zero attached hydrogens (tertiary/aromatic N) is 1. The molecule has 0 spiro atoms. The molecule has 0 aliphatic carbocycles. The normalized spacial score (nSPS) is 10.1. The Labute approximate surface area is 83.5 Å². The zero-order valence-corrected chi connectivity index (χ0v) is 8.36. The molecule has 1 aromatic rings. The van der Waals surface area contributed by atoms with E-state index in [2.05, 4.69) is 5.32 Å². The average Bonchev–Trinajstić information content (AvgIpc) is 2.65. The third kappa shape index (κ3) is 2.88. The van der Waals surface area contributed by atoms with Gasteiger partial charge in [-0.25, -0.2) is 0 Å². The molecule has 1 heterocycles. The van der Waals surface area contributed by atoms with Crippen molar-refractivity contribution in [2.75, 3.05) is 7.05 Å². The van der Waals surface area contributed by atoms with Crippen LogP contribution in [0.2, 0.25) is 0 Å². The van der Waals surface area contributed by atoms with Gasteiger partial charge >= 0.3 is 0 Å². The van der Waals surface area contributed by atoms with Crippen LogP contribution in [0.5, 0.6) is 0 Å². The van der Waals surface area contributed by atoms with E-state index in [4.69, 9.17) is 5.11 Å². The molecule has 0 radical (unpaired) electrons. The SMILES string of the molecule is CNC(=O)CCCn1cccc1CO. The summed E-state index contributed by atoms with van der Waals surface area (Å²) in [5, 5.41) is 11.5. The first-order valence-corrected chi connectivity index (χ1v) is 4.73. The highest BCUT2D eigenvalue weighted by Crippen LogP contribution is 2.04. The molecule has 1 amide bonds. The van der Waals surface area contributed by atoms with Crippen molar-refractivity contribution < 1.29 is 9.90 Å². The van der Waals surface area contributed by atoms with E-state index >= 15 is 0 Å². The second-order valence-corrected chi connectivity index (χ2v) is 3.13. The van der Waals surface area contributed by atoms with Gasteiger partial charge in [-0.05, 0) is 18.6 Å². The molecular weight excluding hydrogens is 180 g/mol. The third-order valence-corrected chi connectivity index (χ3v) is 2.17. The van der Waals surface area contributed by atoms with Crippen LogP contribution in [0.15, 0.2) is 18.3 Å². The lowest BCUT2D eigenvalue weighted by Gasteiger charge is -2.06. The molecule has 1 aromatic heterocycles. The molecule has 1 rings (SSSR count). The number of carbonyl (C=O) groups is 1. The van der Waals surface area contributed by atoms with Crippen molar-refractivity contribution in [2.45, 2.75) is 26.0 Å². The smallest absolute Gasteiger partial charge is 0.219 e. The van der Waals surface area contributed by atoms with Crippen molar-refractivity contribution in [3.63, 3.8) is 0 Å². The van der Waals surface area contributed by atoms with Crippen LogP contribution in [0.3, 0.4) is 0 Å². The number of aryl methyl sites for hydroxylation is 1. The van der Waals surface area contributed by atoms with Crippen molar-refractivity contribution in [2.24, 2.45) is 0 Å². The molecule has 0 aliphatic heterocycles. The second kappa shape index (κ2) is 5.44. The van der Waals surface area contributed by atoms with Crippen LogP contribution in [0, 0.1) is 0 Å². The highest BCUT2D eigenvalue weighted by molar-refractivity contribution is 5.75. The molecule has 0 fully saturated rings. The van der Waals surface area contributed by atoms with Gasteiger partial charge in [0.1, 0.15) is 0 Å². The Morgan fingerprint density at radius 2 is 2.43 bits per heavy atom. The van der Waals surface area contributed by atoms with Gasteiger partial charge in [0.25, 0.3) is 0 Å². The Kier molecular flexibility index (Phi) is 4.19. The van der Waals surface area contributed by atoms with Gasteiger partial charge in [0.15, 0.2) is 0 Å². The summed E-state index contributed by atoms with van der Waals surface area (Å²) < 4.78 is 1.96. The molecule has 0 aromatic carbocycles. The number of hydrogen-bond donors (Lipinski definition) is 2.